The minimum Gasteiger partial charge on any atom is -0.480 e. The molecule has 2 aliphatic rings. The topological polar surface area (TPSA) is 66.4 Å². The van der Waals surface area contributed by atoms with Gasteiger partial charge in [-0.15, -0.1) is 0 Å². The van der Waals surface area contributed by atoms with Gasteiger partial charge in [-0.2, -0.15) is 0 Å². The third kappa shape index (κ3) is 1.50. The molecule has 0 saturated heterocycles. The van der Waals surface area contributed by atoms with E-state index in [1.54, 1.807) is 0 Å². The second kappa shape index (κ2) is 2.93. The molecule has 0 aromatic heterocycles. The van der Waals surface area contributed by atoms with Crippen molar-refractivity contribution >= 4 is 11.9 Å². The van der Waals surface area contributed by atoms with Crippen molar-refractivity contribution in [1.82, 2.24) is 5.32 Å². The van der Waals surface area contributed by atoms with Gasteiger partial charge in [-0.25, -0.2) is 9.18 Å². The second-order valence-corrected chi connectivity index (χ2v) is 4.93. The van der Waals surface area contributed by atoms with Crippen LogP contribution in [0.15, 0.2) is 0 Å². The molecule has 2 fully saturated rings. The van der Waals surface area contributed by atoms with Crippen LogP contribution in [0.2, 0.25) is 0 Å². The molecule has 5 heteroatoms. The molecule has 1 amide bonds. The molecule has 84 valence electrons. The monoisotopic (exact) mass is 215 g/mol. The molecular formula is C10H14FNO3. The van der Waals surface area contributed by atoms with Crippen LogP contribution in [0.5, 0.6) is 0 Å². The van der Waals surface area contributed by atoms with Gasteiger partial charge in [0.05, 0.1) is 0 Å². The highest BCUT2D eigenvalue weighted by atomic mass is 19.1. The summed E-state index contributed by atoms with van der Waals surface area (Å²) in [6.07, 6.45) is 0.850. The molecule has 0 aromatic rings. The van der Waals surface area contributed by atoms with Gasteiger partial charge in [0.15, 0.2) is 0 Å². The van der Waals surface area contributed by atoms with Crippen LogP contribution in [-0.4, -0.2) is 28.7 Å². The number of carboxylic acids is 1. The average Bonchev–Trinajstić information content (AvgIpc) is 1.95. The van der Waals surface area contributed by atoms with Crippen molar-refractivity contribution in [2.45, 2.75) is 44.3 Å². The summed E-state index contributed by atoms with van der Waals surface area (Å²) < 4.78 is 12.7. The molecule has 2 saturated carbocycles. The summed E-state index contributed by atoms with van der Waals surface area (Å²) in [6, 6.07) is 0. The van der Waals surface area contributed by atoms with E-state index in [-0.39, 0.29) is 11.3 Å². The smallest absolute Gasteiger partial charge is 0.329 e. The van der Waals surface area contributed by atoms with Crippen molar-refractivity contribution in [2.75, 3.05) is 0 Å². The highest BCUT2D eigenvalue weighted by Crippen LogP contribution is 2.61. The van der Waals surface area contributed by atoms with Gasteiger partial charge in [-0.05, 0) is 31.1 Å². The number of amides is 1. The Labute approximate surface area is 86.8 Å². The Balaban J connectivity index is 2.02. The van der Waals surface area contributed by atoms with Gasteiger partial charge in [-0.1, -0.05) is 0 Å². The Kier molecular flexibility index (Phi) is 2.03. The molecule has 0 atom stereocenters. The molecule has 0 aromatic carbocycles. The molecule has 0 aliphatic heterocycles. The first-order valence-electron chi connectivity index (χ1n) is 5.04. The highest BCUT2D eigenvalue weighted by Gasteiger charge is 2.64. The van der Waals surface area contributed by atoms with E-state index < -0.39 is 17.7 Å². The van der Waals surface area contributed by atoms with Crippen LogP contribution in [0.1, 0.15) is 32.6 Å². The molecule has 15 heavy (non-hydrogen) atoms. The number of nitrogens with one attached hydrogen (secondary N) is 1. The molecule has 2 N–H and O–H groups in total. The molecule has 0 heterocycles. The van der Waals surface area contributed by atoms with Crippen molar-refractivity contribution in [3.8, 4) is 0 Å². The van der Waals surface area contributed by atoms with Gasteiger partial charge in [0.25, 0.3) is 0 Å². The molecule has 2 rings (SSSR count). The number of carbonyl (C=O) groups excluding carboxylic acids is 1. The SMILES string of the molecule is CC(=O)NC1(C(=O)O)CC2(CC(F)C2)C1. The van der Waals surface area contributed by atoms with Crippen molar-refractivity contribution in [2.24, 2.45) is 5.41 Å². The highest BCUT2D eigenvalue weighted by molar-refractivity contribution is 5.87. The first-order valence-corrected chi connectivity index (χ1v) is 5.04. The molecule has 4 nitrogen and oxygen atoms in total. The summed E-state index contributed by atoms with van der Waals surface area (Å²) in [5, 5.41) is 11.5. The fraction of sp³-hybridized carbons (Fsp3) is 0.800. The largest absolute Gasteiger partial charge is 0.480 e. The van der Waals surface area contributed by atoms with Crippen molar-refractivity contribution in [1.29, 1.82) is 0 Å². The number of rotatable bonds is 2. The molecule has 0 bridgehead atoms. The van der Waals surface area contributed by atoms with Gasteiger partial charge in [0, 0.05) is 6.92 Å². The molecule has 0 radical (unpaired) electrons. The van der Waals surface area contributed by atoms with E-state index in [1.807, 2.05) is 0 Å². The van der Waals surface area contributed by atoms with Gasteiger partial charge in [0.1, 0.15) is 11.7 Å². The van der Waals surface area contributed by atoms with Crippen LogP contribution in [-0.2, 0) is 9.59 Å². The maximum atomic E-state index is 12.7. The zero-order chi connectivity index (χ0) is 11.3. The number of carbonyl (C=O) groups is 2. The molecule has 1 spiro atoms. The number of hydrogen-bond acceptors (Lipinski definition) is 2. The van der Waals surface area contributed by atoms with Crippen LogP contribution in [0.3, 0.4) is 0 Å². The number of aliphatic carboxylic acids is 1. The Morgan fingerprint density at radius 1 is 1.40 bits per heavy atom. The third-order valence-corrected chi connectivity index (χ3v) is 3.49. The summed E-state index contributed by atoms with van der Waals surface area (Å²) in [7, 11) is 0. The number of carboxylic acid groups (broad SMARTS) is 1. The Morgan fingerprint density at radius 2 is 1.93 bits per heavy atom. The molecule has 0 unspecified atom stereocenters. The first-order chi connectivity index (χ1) is 6.88. The quantitative estimate of drug-likeness (QED) is 0.717. The lowest BCUT2D eigenvalue weighted by atomic mass is 9.48. The van der Waals surface area contributed by atoms with Crippen molar-refractivity contribution < 1.29 is 19.1 Å². The van der Waals surface area contributed by atoms with Crippen molar-refractivity contribution in [3.05, 3.63) is 0 Å². The summed E-state index contributed by atoms with van der Waals surface area (Å²) >= 11 is 0. The van der Waals surface area contributed by atoms with E-state index >= 15 is 0 Å². The van der Waals surface area contributed by atoms with E-state index in [0.29, 0.717) is 25.7 Å². The van der Waals surface area contributed by atoms with Crippen LogP contribution in [0, 0.1) is 5.41 Å². The van der Waals surface area contributed by atoms with Gasteiger partial charge in [0.2, 0.25) is 5.91 Å². The van der Waals surface area contributed by atoms with Crippen LogP contribution < -0.4 is 5.32 Å². The van der Waals surface area contributed by atoms with E-state index in [1.165, 1.54) is 6.92 Å². The fourth-order valence-electron chi connectivity index (χ4n) is 3.03. The maximum absolute atomic E-state index is 12.7. The fourth-order valence-corrected chi connectivity index (χ4v) is 3.03. The Hall–Kier alpha value is -1.13. The van der Waals surface area contributed by atoms with Crippen LogP contribution in [0.25, 0.3) is 0 Å². The van der Waals surface area contributed by atoms with Gasteiger partial charge >= 0.3 is 5.97 Å². The lowest BCUT2D eigenvalue weighted by molar-refractivity contribution is -0.171. The van der Waals surface area contributed by atoms with E-state index in [0.717, 1.165) is 0 Å². The lowest BCUT2D eigenvalue weighted by Crippen LogP contribution is -2.69. The van der Waals surface area contributed by atoms with E-state index in [4.69, 9.17) is 5.11 Å². The van der Waals surface area contributed by atoms with Gasteiger partial charge in [-0.3, -0.25) is 4.79 Å². The Bertz CT molecular complexity index is 315. The number of halogens is 1. The van der Waals surface area contributed by atoms with Crippen LogP contribution >= 0.6 is 0 Å². The molecule has 2 aliphatic carbocycles. The van der Waals surface area contributed by atoms with E-state index in [9.17, 15) is 14.0 Å². The molecular weight excluding hydrogens is 201 g/mol. The summed E-state index contributed by atoms with van der Waals surface area (Å²) in [5.74, 6) is -1.35. The predicted molar refractivity (Wildman–Crippen MR) is 50.0 cm³/mol. The van der Waals surface area contributed by atoms with Gasteiger partial charge < -0.3 is 10.4 Å². The predicted octanol–water partition coefficient (Wildman–Crippen LogP) is 0.858. The number of hydrogen-bond donors (Lipinski definition) is 2. The van der Waals surface area contributed by atoms with Crippen molar-refractivity contribution in [3.63, 3.8) is 0 Å². The minimum absolute atomic E-state index is 0.153. The normalized spacial score (nSPS) is 42.9. The number of alkyl halides is 1. The van der Waals surface area contributed by atoms with Crippen LogP contribution in [0.4, 0.5) is 4.39 Å². The second-order valence-electron chi connectivity index (χ2n) is 4.93. The lowest BCUT2D eigenvalue weighted by Gasteiger charge is -2.59. The average molecular weight is 215 g/mol. The minimum atomic E-state index is -1.13. The maximum Gasteiger partial charge on any atom is 0.329 e. The third-order valence-electron chi connectivity index (χ3n) is 3.49. The standard InChI is InChI=1S/C10H14FNO3/c1-6(13)12-10(8(14)15)4-9(5-10)2-7(11)3-9/h7H,2-5H2,1H3,(H,12,13)(H,14,15). The zero-order valence-corrected chi connectivity index (χ0v) is 8.55. The summed E-state index contributed by atoms with van der Waals surface area (Å²) in [4.78, 5) is 21.9. The summed E-state index contributed by atoms with van der Waals surface area (Å²) in [6.45, 7) is 1.30. The zero-order valence-electron chi connectivity index (χ0n) is 8.55. The first kappa shape index (κ1) is 10.4. The Morgan fingerprint density at radius 3 is 2.27 bits per heavy atom. The summed E-state index contributed by atoms with van der Waals surface area (Å²) in [5.41, 5.74) is -1.29. The van der Waals surface area contributed by atoms with E-state index in [2.05, 4.69) is 5.32 Å².